The first-order chi connectivity index (χ1) is 4.70. The van der Waals surface area contributed by atoms with Crippen LogP contribution in [0.2, 0.25) is 0 Å². The predicted molar refractivity (Wildman–Crippen MR) is 36.9 cm³/mol. The summed E-state index contributed by atoms with van der Waals surface area (Å²) in [6.07, 6.45) is 0. The van der Waals surface area contributed by atoms with Gasteiger partial charge in [-0.2, -0.15) is 0 Å². The zero-order valence-corrected chi connectivity index (χ0v) is 5.92. The molecule has 0 aliphatic heterocycles. The third-order valence-electron chi connectivity index (χ3n) is 1.03. The molecule has 0 bridgehead atoms. The first-order valence-corrected chi connectivity index (χ1v) is 2.91. The Morgan fingerprint density at radius 2 is 2.40 bits per heavy atom. The lowest BCUT2D eigenvalue weighted by Gasteiger charge is -2.11. The van der Waals surface area contributed by atoms with Crippen molar-refractivity contribution >= 4 is 5.84 Å². The number of hydrogen-bond acceptors (Lipinski definition) is 3. The van der Waals surface area contributed by atoms with E-state index in [1.165, 1.54) is 0 Å². The second-order valence-electron chi connectivity index (χ2n) is 2.02. The largest absolute Gasteiger partial charge is 0.409 e. The Morgan fingerprint density at radius 1 is 1.80 bits per heavy atom. The smallest absolute Gasteiger partial charge is 0.153 e. The van der Waals surface area contributed by atoms with E-state index in [4.69, 9.17) is 10.9 Å². The molecule has 0 fully saturated rings. The summed E-state index contributed by atoms with van der Waals surface area (Å²) in [5.41, 5.74) is 5.14. The minimum atomic E-state index is -0.421. The highest BCUT2D eigenvalue weighted by Gasteiger charge is 1.99. The van der Waals surface area contributed by atoms with Gasteiger partial charge < -0.3 is 10.9 Å². The Balaban J connectivity index is 3.47. The maximum absolute atomic E-state index is 11.6. The molecule has 0 spiro atoms. The molecule has 0 heterocycles. The van der Waals surface area contributed by atoms with Crippen molar-refractivity contribution < 1.29 is 9.60 Å². The summed E-state index contributed by atoms with van der Waals surface area (Å²) in [6.45, 7) is 0.172. The van der Waals surface area contributed by atoms with Crippen LogP contribution in [0, 0.1) is 0 Å². The van der Waals surface area contributed by atoms with Crippen LogP contribution in [0.25, 0.3) is 0 Å². The van der Waals surface area contributed by atoms with Crippen LogP contribution < -0.4 is 5.73 Å². The second-order valence-corrected chi connectivity index (χ2v) is 2.02. The fourth-order valence-electron chi connectivity index (χ4n) is 0.532. The number of nitrogens with two attached hydrogens (primary N) is 1. The number of nitrogens with zero attached hydrogens (tertiary/aromatic N) is 2. The van der Waals surface area contributed by atoms with Crippen molar-refractivity contribution in [2.24, 2.45) is 10.9 Å². The fraction of sp³-hybridized carbons (Fsp3) is 0.800. The highest BCUT2D eigenvalue weighted by Crippen LogP contribution is 1.81. The van der Waals surface area contributed by atoms with Crippen molar-refractivity contribution in [3.63, 3.8) is 0 Å². The Kier molecular flexibility index (Phi) is 4.57. The van der Waals surface area contributed by atoms with Crippen LogP contribution >= 0.6 is 0 Å². The van der Waals surface area contributed by atoms with E-state index in [0.717, 1.165) is 0 Å². The van der Waals surface area contributed by atoms with E-state index in [2.05, 4.69) is 5.16 Å². The summed E-state index contributed by atoms with van der Waals surface area (Å²) in [7, 11) is 1.69. The molecule has 0 aliphatic carbocycles. The zero-order chi connectivity index (χ0) is 7.98. The number of likely N-dealkylation sites (N-methyl/N-ethyl adjacent to an activating group) is 1. The Labute approximate surface area is 59.1 Å². The predicted octanol–water partition coefficient (Wildman–Crippen LogP) is -0.366. The fourth-order valence-corrected chi connectivity index (χ4v) is 0.532. The number of halogens is 1. The molecule has 60 valence electrons. The van der Waals surface area contributed by atoms with Crippen LogP contribution in [0.3, 0.4) is 0 Å². The van der Waals surface area contributed by atoms with Gasteiger partial charge in [-0.3, -0.25) is 4.90 Å². The molecule has 0 amide bonds. The molecule has 0 atom stereocenters. The normalized spacial score (nSPS) is 12.5. The number of oxime groups is 1. The molecule has 0 aromatic rings. The Hall–Kier alpha value is -0.840. The number of amidine groups is 1. The van der Waals surface area contributed by atoms with Gasteiger partial charge in [0.25, 0.3) is 0 Å². The first-order valence-electron chi connectivity index (χ1n) is 2.91. The van der Waals surface area contributed by atoms with Crippen molar-refractivity contribution in [1.29, 1.82) is 0 Å². The molecular formula is C5H12FN3O. The molecule has 0 unspecified atom stereocenters. The summed E-state index contributed by atoms with van der Waals surface area (Å²) >= 11 is 0. The lowest BCUT2D eigenvalue weighted by molar-refractivity contribution is 0.300. The van der Waals surface area contributed by atoms with Crippen molar-refractivity contribution in [3.8, 4) is 0 Å². The quantitative estimate of drug-likeness (QED) is 0.248. The van der Waals surface area contributed by atoms with E-state index < -0.39 is 6.67 Å². The van der Waals surface area contributed by atoms with Gasteiger partial charge in [0.1, 0.15) is 6.67 Å². The third-order valence-corrected chi connectivity index (χ3v) is 1.03. The Bertz CT molecular complexity index is 117. The van der Waals surface area contributed by atoms with Crippen molar-refractivity contribution in [3.05, 3.63) is 0 Å². The third kappa shape index (κ3) is 4.08. The number of rotatable bonds is 4. The van der Waals surface area contributed by atoms with Crippen molar-refractivity contribution in [2.45, 2.75) is 0 Å². The minimum Gasteiger partial charge on any atom is -0.409 e. The maximum atomic E-state index is 11.6. The van der Waals surface area contributed by atoms with E-state index in [1.54, 1.807) is 11.9 Å². The van der Waals surface area contributed by atoms with E-state index in [1.807, 2.05) is 0 Å². The van der Waals surface area contributed by atoms with Gasteiger partial charge in [-0.1, -0.05) is 5.16 Å². The zero-order valence-electron chi connectivity index (χ0n) is 5.92. The molecule has 4 nitrogen and oxygen atoms in total. The highest BCUT2D eigenvalue weighted by atomic mass is 19.1. The molecule has 0 saturated carbocycles. The molecule has 5 heteroatoms. The van der Waals surface area contributed by atoms with Crippen LogP contribution in [0.1, 0.15) is 0 Å². The molecule has 10 heavy (non-hydrogen) atoms. The average Bonchev–Trinajstić information content (AvgIpc) is 1.88. The summed E-state index contributed by atoms with van der Waals surface area (Å²) in [4.78, 5) is 1.62. The summed E-state index contributed by atoms with van der Waals surface area (Å²) in [6, 6.07) is 0. The van der Waals surface area contributed by atoms with Gasteiger partial charge in [0.15, 0.2) is 5.84 Å². The Morgan fingerprint density at radius 3 is 2.80 bits per heavy atom. The molecule has 3 N–H and O–H groups in total. The van der Waals surface area contributed by atoms with E-state index >= 15 is 0 Å². The van der Waals surface area contributed by atoms with Crippen molar-refractivity contribution in [2.75, 3.05) is 26.8 Å². The van der Waals surface area contributed by atoms with Gasteiger partial charge in [-0.05, 0) is 7.05 Å². The molecule has 0 aliphatic rings. The van der Waals surface area contributed by atoms with Crippen LogP contribution in [-0.4, -0.2) is 42.8 Å². The van der Waals surface area contributed by atoms with Gasteiger partial charge in [-0.15, -0.1) is 0 Å². The molecule has 0 saturated heterocycles. The van der Waals surface area contributed by atoms with Crippen molar-refractivity contribution in [1.82, 2.24) is 4.90 Å². The first kappa shape index (κ1) is 9.16. The van der Waals surface area contributed by atoms with Gasteiger partial charge >= 0.3 is 0 Å². The van der Waals surface area contributed by atoms with Gasteiger partial charge in [0, 0.05) is 6.54 Å². The van der Waals surface area contributed by atoms with E-state index in [9.17, 15) is 4.39 Å². The van der Waals surface area contributed by atoms with Gasteiger partial charge in [0.2, 0.25) is 0 Å². The summed E-state index contributed by atoms with van der Waals surface area (Å²) < 4.78 is 11.6. The van der Waals surface area contributed by atoms with Gasteiger partial charge in [0.05, 0.1) is 6.54 Å². The lowest BCUT2D eigenvalue weighted by Crippen LogP contribution is -2.32. The SMILES string of the molecule is CN(CCF)CC(N)=NO. The summed E-state index contributed by atoms with van der Waals surface area (Å²) in [5, 5.41) is 10.8. The number of hydrogen-bond donors (Lipinski definition) is 2. The molecule has 0 radical (unpaired) electrons. The maximum Gasteiger partial charge on any atom is 0.153 e. The lowest BCUT2D eigenvalue weighted by atomic mass is 10.5. The molecule has 0 aromatic heterocycles. The summed E-state index contributed by atoms with van der Waals surface area (Å²) in [5.74, 6) is 0.0935. The number of alkyl halides is 1. The topological polar surface area (TPSA) is 61.8 Å². The second kappa shape index (κ2) is 4.99. The molecule has 0 aromatic carbocycles. The minimum absolute atomic E-state index is 0.0935. The van der Waals surface area contributed by atoms with Crippen LogP contribution in [0.4, 0.5) is 4.39 Å². The van der Waals surface area contributed by atoms with Crippen LogP contribution in [0.15, 0.2) is 5.16 Å². The highest BCUT2D eigenvalue weighted by molar-refractivity contribution is 5.81. The molecular weight excluding hydrogens is 137 g/mol. The van der Waals surface area contributed by atoms with E-state index in [-0.39, 0.29) is 5.84 Å². The molecule has 0 rings (SSSR count). The van der Waals surface area contributed by atoms with E-state index in [0.29, 0.717) is 13.1 Å². The average molecular weight is 149 g/mol. The van der Waals surface area contributed by atoms with Crippen LogP contribution in [-0.2, 0) is 0 Å². The van der Waals surface area contributed by atoms with Gasteiger partial charge in [-0.25, -0.2) is 4.39 Å². The standard InChI is InChI=1S/C5H12FN3O/c1-9(3-2-6)4-5(7)8-10/h10H,2-4H2,1H3,(H2,7,8). The monoisotopic (exact) mass is 149 g/mol. The van der Waals surface area contributed by atoms with Crippen LogP contribution in [0.5, 0.6) is 0 Å².